The predicted octanol–water partition coefficient (Wildman–Crippen LogP) is 3.63. The number of para-hydroxylation sites is 1. The summed E-state index contributed by atoms with van der Waals surface area (Å²) in [4.78, 5) is 14.7. The average molecular weight is 321 g/mol. The van der Waals surface area contributed by atoms with Crippen molar-refractivity contribution >= 4 is 16.9 Å². The Morgan fingerprint density at radius 2 is 1.79 bits per heavy atom. The van der Waals surface area contributed by atoms with Gasteiger partial charge in [0.25, 0.3) is 0 Å². The number of amides is 1. The third kappa shape index (κ3) is 3.34. The molecule has 1 atom stereocenters. The molecule has 24 heavy (non-hydrogen) atoms. The van der Waals surface area contributed by atoms with E-state index in [-0.39, 0.29) is 12.1 Å². The lowest BCUT2D eigenvalue weighted by Crippen LogP contribution is -2.30. The molecule has 3 aromatic rings. The highest BCUT2D eigenvalue weighted by atomic mass is 16.2. The molecule has 0 bridgehead atoms. The van der Waals surface area contributed by atoms with Crippen LogP contribution >= 0.6 is 0 Å². The van der Waals surface area contributed by atoms with Crippen molar-refractivity contribution in [1.82, 2.24) is 9.47 Å². The largest absolute Gasteiger partial charge is 0.328 e. The standard InChI is InChI=1S/C20H23N3O/c1-15(21)12-17-14-23(19-11-7-6-10-18(17)19)20(24)22(2)13-16-8-4-3-5-9-16/h3-11,14-15H,12-13,21H2,1-2H3/t15-/m1/s1. The van der Waals surface area contributed by atoms with E-state index in [9.17, 15) is 4.79 Å². The molecule has 4 nitrogen and oxygen atoms in total. The van der Waals surface area contributed by atoms with E-state index in [1.807, 2.05) is 74.8 Å². The number of fused-ring (bicyclic) bond motifs is 1. The fraction of sp³-hybridized carbons (Fsp3) is 0.250. The first kappa shape index (κ1) is 16.3. The SMILES string of the molecule is C[C@@H](N)Cc1cn(C(=O)N(C)Cc2ccccc2)c2ccccc12. The number of benzene rings is 2. The molecule has 0 spiro atoms. The molecule has 0 saturated heterocycles. The Morgan fingerprint density at radius 1 is 1.12 bits per heavy atom. The van der Waals surface area contributed by atoms with Crippen molar-refractivity contribution in [1.29, 1.82) is 0 Å². The third-order valence-electron chi connectivity index (χ3n) is 4.13. The minimum atomic E-state index is -0.0361. The molecule has 1 heterocycles. The average Bonchev–Trinajstić information content (AvgIpc) is 2.93. The van der Waals surface area contributed by atoms with Gasteiger partial charge in [-0.05, 0) is 30.5 Å². The van der Waals surface area contributed by atoms with E-state index in [0.717, 1.165) is 28.5 Å². The molecule has 0 radical (unpaired) electrons. The zero-order valence-electron chi connectivity index (χ0n) is 14.1. The molecule has 0 unspecified atom stereocenters. The normalized spacial score (nSPS) is 12.3. The summed E-state index contributed by atoms with van der Waals surface area (Å²) in [5.74, 6) is 0. The summed E-state index contributed by atoms with van der Waals surface area (Å²) in [5, 5.41) is 1.09. The number of rotatable bonds is 4. The zero-order valence-corrected chi connectivity index (χ0v) is 14.1. The van der Waals surface area contributed by atoms with E-state index in [1.165, 1.54) is 0 Å². The smallest absolute Gasteiger partial charge is 0.328 e. The fourth-order valence-corrected chi connectivity index (χ4v) is 3.03. The second-order valence-corrected chi connectivity index (χ2v) is 6.35. The van der Waals surface area contributed by atoms with Crippen LogP contribution in [0.1, 0.15) is 18.1 Å². The first-order valence-electron chi connectivity index (χ1n) is 8.20. The van der Waals surface area contributed by atoms with E-state index in [1.54, 1.807) is 9.47 Å². The van der Waals surface area contributed by atoms with Gasteiger partial charge in [-0.1, -0.05) is 48.5 Å². The Balaban J connectivity index is 1.92. The quantitative estimate of drug-likeness (QED) is 0.798. The molecule has 2 aromatic carbocycles. The van der Waals surface area contributed by atoms with Gasteiger partial charge in [-0.15, -0.1) is 0 Å². The van der Waals surface area contributed by atoms with Crippen LogP contribution in [-0.4, -0.2) is 28.6 Å². The van der Waals surface area contributed by atoms with Gasteiger partial charge in [0.15, 0.2) is 0 Å². The van der Waals surface area contributed by atoms with Crippen LogP contribution in [-0.2, 0) is 13.0 Å². The first-order valence-corrected chi connectivity index (χ1v) is 8.20. The van der Waals surface area contributed by atoms with E-state index < -0.39 is 0 Å². The van der Waals surface area contributed by atoms with Gasteiger partial charge in [0, 0.05) is 31.2 Å². The van der Waals surface area contributed by atoms with Crippen molar-refractivity contribution in [2.24, 2.45) is 5.73 Å². The minimum Gasteiger partial charge on any atom is -0.328 e. The Morgan fingerprint density at radius 3 is 2.50 bits per heavy atom. The van der Waals surface area contributed by atoms with Crippen LogP contribution < -0.4 is 5.73 Å². The van der Waals surface area contributed by atoms with E-state index in [4.69, 9.17) is 5.73 Å². The lowest BCUT2D eigenvalue weighted by atomic mass is 10.1. The van der Waals surface area contributed by atoms with Gasteiger partial charge in [0.05, 0.1) is 5.52 Å². The Labute approximate surface area is 142 Å². The molecule has 4 heteroatoms. The van der Waals surface area contributed by atoms with Gasteiger partial charge in [-0.3, -0.25) is 4.57 Å². The topological polar surface area (TPSA) is 51.3 Å². The number of carbonyl (C=O) groups is 1. The van der Waals surface area contributed by atoms with Gasteiger partial charge in [-0.2, -0.15) is 0 Å². The molecular weight excluding hydrogens is 298 g/mol. The molecule has 124 valence electrons. The molecule has 0 aliphatic rings. The summed E-state index contributed by atoms with van der Waals surface area (Å²) >= 11 is 0. The minimum absolute atomic E-state index is 0.0361. The van der Waals surface area contributed by atoms with Crippen LogP contribution in [0.25, 0.3) is 10.9 Å². The molecule has 3 rings (SSSR count). The third-order valence-corrected chi connectivity index (χ3v) is 4.13. The summed E-state index contributed by atoms with van der Waals surface area (Å²) in [5.41, 5.74) is 9.11. The highest BCUT2D eigenvalue weighted by Crippen LogP contribution is 2.23. The van der Waals surface area contributed by atoms with E-state index in [0.29, 0.717) is 6.54 Å². The van der Waals surface area contributed by atoms with Crippen molar-refractivity contribution in [3.05, 3.63) is 71.9 Å². The fourth-order valence-electron chi connectivity index (χ4n) is 3.03. The van der Waals surface area contributed by atoms with Crippen LogP contribution in [0, 0.1) is 0 Å². The number of hydrogen-bond acceptors (Lipinski definition) is 2. The predicted molar refractivity (Wildman–Crippen MR) is 98.0 cm³/mol. The maximum Gasteiger partial charge on any atom is 0.328 e. The van der Waals surface area contributed by atoms with Crippen LogP contribution in [0.15, 0.2) is 60.8 Å². The lowest BCUT2D eigenvalue weighted by Gasteiger charge is -2.18. The molecule has 1 aromatic heterocycles. The monoisotopic (exact) mass is 321 g/mol. The molecule has 0 aliphatic heterocycles. The van der Waals surface area contributed by atoms with Crippen molar-refractivity contribution in [2.45, 2.75) is 25.9 Å². The van der Waals surface area contributed by atoms with Crippen molar-refractivity contribution < 1.29 is 4.79 Å². The summed E-state index contributed by atoms with van der Waals surface area (Å²) in [6.45, 7) is 2.56. The highest BCUT2D eigenvalue weighted by molar-refractivity contribution is 5.93. The maximum atomic E-state index is 12.9. The Hall–Kier alpha value is -2.59. The highest BCUT2D eigenvalue weighted by Gasteiger charge is 2.17. The number of aromatic nitrogens is 1. The molecule has 1 amide bonds. The van der Waals surface area contributed by atoms with Crippen molar-refractivity contribution in [3.8, 4) is 0 Å². The molecule has 0 fully saturated rings. The van der Waals surface area contributed by atoms with Crippen LogP contribution in [0.4, 0.5) is 4.79 Å². The number of nitrogens with two attached hydrogens (primary N) is 1. The summed E-state index contributed by atoms with van der Waals surface area (Å²) in [6.07, 6.45) is 2.68. The van der Waals surface area contributed by atoms with Gasteiger partial charge in [0.1, 0.15) is 0 Å². The molecule has 0 aliphatic carbocycles. The van der Waals surface area contributed by atoms with Gasteiger partial charge >= 0.3 is 6.03 Å². The summed E-state index contributed by atoms with van der Waals surface area (Å²) in [7, 11) is 1.83. The second kappa shape index (κ2) is 6.89. The Bertz CT molecular complexity index is 836. The lowest BCUT2D eigenvalue weighted by molar-refractivity contribution is 0.209. The number of hydrogen-bond donors (Lipinski definition) is 1. The van der Waals surface area contributed by atoms with E-state index >= 15 is 0 Å². The Kier molecular flexibility index (Phi) is 4.67. The molecular formula is C20H23N3O. The van der Waals surface area contributed by atoms with Crippen LogP contribution in [0.5, 0.6) is 0 Å². The van der Waals surface area contributed by atoms with Crippen molar-refractivity contribution in [2.75, 3.05) is 7.05 Å². The number of nitrogens with zero attached hydrogens (tertiary/aromatic N) is 2. The first-order chi connectivity index (χ1) is 11.6. The second-order valence-electron chi connectivity index (χ2n) is 6.35. The molecule has 0 saturated carbocycles. The van der Waals surface area contributed by atoms with Gasteiger partial charge in [0.2, 0.25) is 0 Å². The van der Waals surface area contributed by atoms with Crippen molar-refractivity contribution in [3.63, 3.8) is 0 Å². The molecule has 2 N–H and O–H groups in total. The summed E-state index contributed by atoms with van der Waals surface area (Å²) in [6, 6.07) is 18.0. The van der Waals surface area contributed by atoms with Gasteiger partial charge in [-0.25, -0.2) is 4.79 Å². The maximum absolute atomic E-state index is 12.9. The van der Waals surface area contributed by atoms with Crippen LogP contribution in [0.3, 0.4) is 0 Å². The van der Waals surface area contributed by atoms with E-state index in [2.05, 4.69) is 0 Å². The zero-order chi connectivity index (χ0) is 17.1. The number of carbonyl (C=O) groups excluding carboxylic acids is 1. The van der Waals surface area contributed by atoms with Gasteiger partial charge < -0.3 is 10.6 Å². The van der Waals surface area contributed by atoms with Crippen LogP contribution in [0.2, 0.25) is 0 Å². The summed E-state index contributed by atoms with van der Waals surface area (Å²) < 4.78 is 1.73.